The summed E-state index contributed by atoms with van der Waals surface area (Å²) >= 11 is 6.32. The minimum atomic E-state index is -0.465. The first kappa shape index (κ1) is 15.1. The van der Waals surface area contributed by atoms with E-state index in [1.165, 1.54) is 11.1 Å². The van der Waals surface area contributed by atoms with Crippen molar-refractivity contribution in [2.75, 3.05) is 0 Å². The molecule has 0 bridgehead atoms. The molecule has 0 fully saturated rings. The van der Waals surface area contributed by atoms with E-state index in [1.807, 2.05) is 14.0 Å². The number of nitrogens with two attached hydrogens (primary N) is 1. The summed E-state index contributed by atoms with van der Waals surface area (Å²) in [6, 6.07) is 6.39. The lowest BCUT2D eigenvalue weighted by Crippen LogP contribution is -2.36. The molecule has 0 saturated carbocycles. The zero-order valence-corrected chi connectivity index (χ0v) is 13.5. The molecular formula is C16H22ClN3. The van der Waals surface area contributed by atoms with Crippen molar-refractivity contribution in [3.63, 3.8) is 0 Å². The van der Waals surface area contributed by atoms with Gasteiger partial charge in [-0.25, -0.2) is 0 Å². The Morgan fingerprint density at radius 2 is 1.95 bits per heavy atom. The second-order valence-electron chi connectivity index (χ2n) is 5.89. The highest BCUT2D eigenvalue weighted by Gasteiger charge is 2.27. The van der Waals surface area contributed by atoms with Gasteiger partial charge in [-0.1, -0.05) is 35.4 Å². The van der Waals surface area contributed by atoms with E-state index in [9.17, 15) is 0 Å². The Balaban J connectivity index is 2.42. The van der Waals surface area contributed by atoms with Crippen molar-refractivity contribution in [2.24, 2.45) is 12.8 Å². The Morgan fingerprint density at radius 3 is 2.50 bits per heavy atom. The molecular weight excluding hydrogens is 270 g/mol. The van der Waals surface area contributed by atoms with E-state index < -0.39 is 5.54 Å². The number of hydrogen-bond donors (Lipinski definition) is 1. The van der Waals surface area contributed by atoms with E-state index >= 15 is 0 Å². The Kier molecular flexibility index (Phi) is 3.94. The molecule has 1 unspecified atom stereocenters. The quantitative estimate of drug-likeness (QED) is 0.942. The van der Waals surface area contributed by atoms with Gasteiger partial charge >= 0.3 is 0 Å². The van der Waals surface area contributed by atoms with Crippen molar-refractivity contribution in [3.8, 4) is 0 Å². The summed E-state index contributed by atoms with van der Waals surface area (Å²) in [5.74, 6) is 0. The summed E-state index contributed by atoms with van der Waals surface area (Å²) in [6.07, 6.45) is 0.676. The summed E-state index contributed by atoms with van der Waals surface area (Å²) in [7, 11) is 1.85. The maximum atomic E-state index is 6.59. The van der Waals surface area contributed by atoms with Crippen LogP contribution in [0.2, 0.25) is 5.15 Å². The molecule has 2 rings (SSSR count). The van der Waals surface area contributed by atoms with Crippen LogP contribution >= 0.6 is 11.6 Å². The number of halogens is 1. The van der Waals surface area contributed by atoms with Gasteiger partial charge in [0, 0.05) is 18.2 Å². The van der Waals surface area contributed by atoms with Crippen molar-refractivity contribution < 1.29 is 0 Å². The summed E-state index contributed by atoms with van der Waals surface area (Å²) in [5.41, 5.74) is 11.7. The average Bonchev–Trinajstić information content (AvgIpc) is 2.59. The summed E-state index contributed by atoms with van der Waals surface area (Å²) in [4.78, 5) is 0. The molecule has 0 amide bonds. The molecule has 0 aliphatic carbocycles. The molecule has 1 aromatic carbocycles. The van der Waals surface area contributed by atoms with Gasteiger partial charge in [-0.05, 0) is 45.2 Å². The molecule has 0 radical (unpaired) electrons. The van der Waals surface area contributed by atoms with Crippen LogP contribution in [-0.2, 0) is 19.0 Å². The molecule has 2 N–H and O–H groups in total. The standard InChI is InChI=1S/C16H22ClN3/c1-10-6-7-11(2)14(8-10)16(4,18)9-13-12(3)19-20(5)15(13)17/h6-8H,9,18H2,1-5H3. The zero-order chi connectivity index (χ0) is 15.1. The number of rotatable bonds is 3. The van der Waals surface area contributed by atoms with E-state index in [4.69, 9.17) is 17.3 Å². The van der Waals surface area contributed by atoms with Gasteiger partial charge in [0.2, 0.25) is 0 Å². The molecule has 0 spiro atoms. The van der Waals surface area contributed by atoms with Crippen LogP contribution in [0.25, 0.3) is 0 Å². The van der Waals surface area contributed by atoms with E-state index in [-0.39, 0.29) is 0 Å². The van der Waals surface area contributed by atoms with Crippen LogP contribution in [0.4, 0.5) is 0 Å². The number of benzene rings is 1. The third kappa shape index (κ3) is 2.74. The molecule has 108 valence electrons. The minimum absolute atomic E-state index is 0.465. The highest BCUT2D eigenvalue weighted by Crippen LogP contribution is 2.30. The number of hydrogen-bond acceptors (Lipinski definition) is 2. The molecule has 1 heterocycles. The molecule has 0 aliphatic rings. The Hall–Kier alpha value is -1.32. The molecule has 4 heteroatoms. The lowest BCUT2D eigenvalue weighted by Gasteiger charge is -2.27. The van der Waals surface area contributed by atoms with Crippen molar-refractivity contribution in [3.05, 3.63) is 51.3 Å². The second-order valence-corrected chi connectivity index (χ2v) is 6.25. The first-order chi connectivity index (χ1) is 9.22. The summed E-state index contributed by atoms with van der Waals surface area (Å²) in [5, 5.41) is 5.03. The molecule has 3 nitrogen and oxygen atoms in total. The Bertz CT molecular complexity index is 641. The molecule has 1 aromatic heterocycles. The Labute approximate surface area is 125 Å². The lowest BCUT2D eigenvalue weighted by molar-refractivity contribution is 0.487. The number of aryl methyl sites for hydroxylation is 4. The normalized spacial score (nSPS) is 14.3. The predicted octanol–water partition coefficient (Wildman–Crippen LogP) is 3.42. The zero-order valence-electron chi connectivity index (χ0n) is 12.8. The van der Waals surface area contributed by atoms with Crippen LogP contribution in [0.5, 0.6) is 0 Å². The summed E-state index contributed by atoms with van der Waals surface area (Å²) < 4.78 is 1.70. The average molecular weight is 292 g/mol. The fraction of sp³-hybridized carbons (Fsp3) is 0.438. The van der Waals surface area contributed by atoms with Crippen LogP contribution in [0.15, 0.2) is 18.2 Å². The van der Waals surface area contributed by atoms with Gasteiger partial charge in [0.05, 0.1) is 5.69 Å². The molecule has 2 aromatic rings. The van der Waals surface area contributed by atoms with Gasteiger partial charge in [0.1, 0.15) is 5.15 Å². The van der Waals surface area contributed by atoms with Gasteiger partial charge in [0.15, 0.2) is 0 Å². The number of nitrogens with zero attached hydrogens (tertiary/aromatic N) is 2. The SMILES string of the molecule is Cc1ccc(C)c(C(C)(N)Cc2c(C)nn(C)c2Cl)c1. The van der Waals surface area contributed by atoms with Crippen LogP contribution in [0.1, 0.15) is 34.9 Å². The van der Waals surface area contributed by atoms with Gasteiger partial charge < -0.3 is 5.73 Å². The third-order valence-electron chi connectivity index (χ3n) is 3.82. The van der Waals surface area contributed by atoms with Gasteiger partial charge in [-0.15, -0.1) is 0 Å². The summed E-state index contributed by atoms with van der Waals surface area (Å²) in [6.45, 7) is 8.21. The highest BCUT2D eigenvalue weighted by atomic mass is 35.5. The van der Waals surface area contributed by atoms with Crippen LogP contribution in [0, 0.1) is 20.8 Å². The maximum absolute atomic E-state index is 6.59. The third-order valence-corrected chi connectivity index (χ3v) is 4.29. The molecule has 0 saturated heterocycles. The second kappa shape index (κ2) is 5.23. The molecule has 20 heavy (non-hydrogen) atoms. The van der Waals surface area contributed by atoms with E-state index in [0.29, 0.717) is 11.6 Å². The van der Waals surface area contributed by atoms with E-state index in [0.717, 1.165) is 16.8 Å². The fourth-order valence-corrected chi connectivity index (χ4v) is 2.93. The topological polar surface area (TPSA) is 43.8 Å². The lowest BCUT2D eigenvalue weighted by atomic mass is 9.83. The first-order valence-corrected chi connectivity index (χ1v) is 7.15. The van der Waals surface area contributed by atoms with Crippen molar-refractivity contribution in [2.45, 2.75) is 39.7 Å². The fourth-order valence-electron chi connectivity index (χ4n) is 2.69. The van der Waals surface area contributed by atoms with Crippen LogP contribution < -0.4 is 5.73 Å². The largest absolute Gasteiger partial charge is 0.321 e. The first-order valence-electron chi connectivity index (χ1n) is 6.77. The monoisotopic (exact) mass is 291 g/mol. The van der Waals surface area contributed by atoms with Crippen LogP contribution in [0.3, 0.4) is 0 Å². The van der Waals surface area contributed by atoms with E-state index in [1.54, 1.807) is 4.68 Å². The van der Waals surface area contributed by atoms with Gasteiger partial charge in [-0.2, -0.15) is 5.10 Å². The minimum Gasteiger partial charge on any atom is -0.321 e. The highest BCUT2D eigenvalue weighted by molar-refractivity contribution is 6.30. The molecule has 1 atom stereocenters. The molecule has 0 aliphatic heterocycles. The van der Waals surface area contributed by atoms with Gasteiger partial charge in [-0.3, -0.25) is 4.68 Å². The maximum Gasteiger partial charge on any atom is 0.130 e. The van der Waals surface area contributed by atoms with Gasteiger partial charge in [0.25, 0.3) is 0 Å². The van der Waals surface area contributed by atoms with Crippen molar-refractivity contribution in [1.82, 2.24) is 9.78 Å². The van der Waals surface area contributed by atoms with Crippen molar-refractivity contribution >= 4 is 11.6 Å². The smallest absolute Gasteiger partial charge is 0.130 e. The Morgan fingerprint density at radius 1 is 1.30 bits per heavy atom. The van der Waals surface area contributed by atoms with E-state index in [2.05, 4.69) is 44.1 Å². The number of aromatic nitrogens is 2. The predicted molar refractivity (Wildman–Crippen MR) is 84.1 cm³/mol. The van der Waals surface area contributed by atoms with Crippen molar-refractivity contribution in [1.29, 1.82) is 0 Å². The van der Waals surface area contributed by atoms with Crippen LogP contribution in [-0.4, -0.2) is 9.78 Å².